The van der Waals surface area contributed by atoms with Crippen LogP contribution in [0.5, 0.6) is 11.5 Å². The summed E-state index contributed by atoms with van der Waals surface area (Å²) in [4.78, 5) is 23.2. The summed E-state index contributed by atoms with van der Waals surface area (Å²) in [6.07, 6.45) is 5.53. The van der Waals surface area contributed by atoms with Gasteiger partial charge in [0.1, 0.15) is 0 Å². The third-order valence-corrected chi connectivity index (χ3v) is 6.20. The number of rotatable bonds is 7. The largest absolute Gasteiger partial charge is 0.493 e. The molecule has 0 bridgehead atoms. The molecule has 2 aromatic rings. The highest BCUT2D eigenvalue weighted by Crippen LogP contribution is 2.38. The van der Waals surface area contributed by atoms with Crippen LogP contribution in [0.25, 0.3) is 11.4 Å². The number of nitrogens with two attached hydrogens (primary N) is 1. The average Bonchev–Trinajstić information content (AvgIpc) is 3.16. The lowest BCUT2D eigenvalue weighted by Gasteiger charge is -2.26. The van der Waals surface area contributed by atoms with E-state index in [1.54, 1.807) is 21.1 Å². The Morgan fingerprint density at radius 1 is 1.17 bits per heavy atom. The molecule has 1 saturated carbocycles. The van der Waals surface area contributed by atoms with Crippen molar-refractivity contribution in [2.24, 2.45) is 5.73 Å². The van der Waals surface area contributed by atoms with Crippen LogP contribution in [-0.4, -0.2) is 46.2 Å². The molecule has 1 aromatic heterocycles. The summed E-state index contributed by atoms with van der Waals surface area (Å²) in [5.41, 5.74) is 5.92. The van der Waals surface area contributed by atoms with E-state index in [0.29, 0.717) is 22.5 Å². The molecule has 10 heteroatoms. The summed E-state index contributed by atoms with van der Waals surface area (Å²) in [5, 5.41) is 11.0. The number of amides is 3. The lowest BCUT2D eigenvalue weighted by Crippen LogP contribution is -2.39. The van der Waals surface area contributed by atoms with Gasteiger partial charge in [0, 0.05) is 11.6 Å². The number of thioether (sulfide) groups is 1. The summed E-state index contributed by atoms with van der Waals surface area (Å²) in [5.74, 6) is 1.50. The van der Waals surface area contributed by atoms with Crippen LogP contribution in [0.15, 0.2) is 23.4 Å². The van der Waals surface area contributed by atoms with Gasteiger partial charge in [-0.15, -0.1) is 10.2 Å². The molecule has 162 valence electrons. The molecule has 0 aliphatic heterocycles. The maximum absolute atomic E-state index is 12.2. The minimum atomic E-state index is -0.868. The van der Waals surface area contributed by atoms with E-state index in [9.17, 15) is 9.59 Å². The fourth-order valence-corrected chi connectivity index (χ4v) is 4.55. The minimum Gasteiger partial charge on any atom is -0.493 e. The van der Waals surface area contributed by atoms with Crippen molar-refractivity contribution in [3.63, 3.8) is 0 Å². The number of carbonyl (C=O) groups is 2. The number of methoxy groups -OCH3 is 2. The quantitative estimate of drug-likeness (QED) is 0.643. The van der Waals surface area contributed by atoms with E-state index in [0.717, 1.165) is 31.2 Å². The lowest BCUT2D eigenvalue weighted by molar-refractivity contribution is -0.119. The van der Waals surface area contributed by atoms with E-state index in [1.165, 1.54) is 18.2 Å². The number of imide groups is 1. The molecule has 3 amide bonds. The molecule has 3 N–H and O–H groups in total. The van der Waals surface area contributed by atoms with Gasteiger partial charge < -0.3 is 15.2 Å². The van der Waals surface area contributed by atoms with Crippen molar-refractivity contribution in [3.8, 4) is 22.9 Å². The van der Waals surface area contributed by atoms with Gasteiger partial charge in [-0.2, -0.15) is 0 Å². The van der Waals surface area contributed by atoms with Crippen LogP contribution >= 0.6 is 11.8 Å². The molecule has 3 rings (SSSR count). The maximum atomic E-state index is 12.2. The second-order valence-electron chi connectivity index (χ2n) is 7.15. The molecule has 0 radical (unpaired) electrons. The molecule has 9 nitrogen and oxygen atoms in total. The second kappa shape index (κ2) is 9.84. The highest BCUT2D eigenvalue weighted by atomic mass is 32.2. The van der Waals surface area contributed by atoms with Crippen LogP contribution in [-0.2, 0) is 4.79 Å². The Kier molecular flexibility index (Phi) is 7.20. The Morgan fingerprint density at radius 2 is 1.87 bits per heavy atom. The van der Waals surface area contributed by atoms with Gasteiger partial charge in [0.15, 0.2) is 22.5 Å². The third-order valence-electron chi connectivity index (χ3n) is 5.14. The second-order valence-corrected chi connectivity index (χ2v) is 8.46. The van der Waals surface area contributed by atoms with Crippen molar-refractivity contribution in [3.05, 3.63) is 18.2 Å². The number of hydrogen-bond donors (Lipinski definition) is 2. The molecule has 1 unspecified atom stereocenters. The van der Waals surface area contributed by atoms with E-state index >= 15 is 0 Å². The first-order chi connectivity index (χ1) is 14.4. The Balaban J connectivity index is 1.98. The molecule has 0 saturated heterocycles. The van der Waals surface area contributed by atoms with Gasteiger partial charge in [-0.3, -0.25) is 14.7 Å². The fraction of sp³-hybridized carbons (Fsp3) is 0.500. The van der Waals surface area contributed by atoms with Crippen LogP contribution < -0.4 is 20.5 Å². The van der Waals surface area contributed by atoms with Gasteiger partial charge in [-0.05, 0) is 38.0 Å². The van der Waals surface area contributed by atoms with Gasteiger partial charge in [0.05, 0.1) is 19.5 Å². The zero-order valence-corrected chi connectivity index (χ0v) is 18.2. The highest BCUT2D eigenvalue weighted by Gasteiger charge is 2.27. The summed E-state index contributed by atoms with van der Waals surface area (Å²) in [6, 6.07) is 5.00. The minimum absolute atomic E-state index is 0.241. The topological polar surface area (TPSA) is 121 Å². The first-order valence-electron chi connectivity index (χ1n) is 9.88. The van der Waals surface area contributed by atoms with E-state index in [-0.39, 0.29) is 6.04 Å². The summed E-state index contributed by atoms with van der Waals surface area (Å²) in [6.45, 7) is 1.71. The van der Waals surface area contributed by atoms with E-state index in [2.05, 4.69) is 20.1 Å². The summed E-state index contributed by atoms with van der Waals surface area (Å²) < 4.78 is 12.9. The van der Waals surface area contributed by atoms with E-state index < -0.39 is 17.2 Å². The summed E-state index contributed by atoms with van der Waals surface area (Å²) in [7, 11) is 3.18. The Hall–Kier alpha value is -2.75. The Morgan fingerprint density at radius 3 is 2.50 bits per heavy atom. The molecule has 1 fully saturated rings. The van der Waals surface area contributed by atoms with Gasteiger partial charge in [-0.25, -0.2) is 4.79 Å². The van der Waals surface area contributed by atoms with Gasteiger partial charge in [0.2, 0.25) is 5.91 Å². The van der Waals surface area contributed by atoms with Gasteiger partial charge in [-0.1, -0.05) is 31.0 Å². The molecule has 1 aliphatic carbocycles. The van der Waals surface area contributed by atoms with Crippen LogP contribution in [0, 0.1) is 0 Å². The highest BCUT2D eigenvalue weighted by molar-refractivity contribution is 8.00. The van der Waals surface area contributed by atoms with Crippen molar-refractivity contribution in [2.75, 3.05) is 14.2 Å². The smallest absolute Gasteiger partial charge is 0.318 e. The third kappa shape index (κ3) is 4.86. The molecule has 30 heavy (non-hydrogen) atoms. The number of nitrogens with zero attached hydrogens (tertiary/aromatic N) is 3. The van der Waals surface area contributed by atoms with Crippen molar-refractivity contribution in [1.82, 2.24) is 20.1 Å². The molecule has 1 aromatic carbocycles. The number of aromatic nitrogens is 3. The van der Waals surface area contributed by atoms with Crippen LogP contribution in [0.3, 0.4) is 0 Å². The predicted octanol–water partition coefficient (Wildman–Crippen LogP) is 3.14. The van der Waals surface area contributed by atoms with Gasteiger partial charge >= 0.3 is 6.03 Å². The fourth-order valence-electron chi connectivity index (χ4n) is 3.63. The number of benzene rings is 1. The molecular formula is C20H27N5O4S. The normalized spacial score (nSPS) is 15.4. The van der Waals surface area contributed by atoms with Crippen molar-refractivity contribution in [2.45, 2.75) is 55.5 Å². The zero-order chi connectivity index (χ0) is 21.7. The number of carbonyl (C=O) groups excluding carboxylic acids is 2. The van der Waals surface area contributed by atoms with Crippen molar-refractivity contribution in [1.29, 1.82) is 0 Å². The van der Waals surface area contributed by atoms with Crippen LogP contribution in [0.2, 0.25) is 0 Å². The Labute approximate surface area is 179 Å². The molecule has 1 atom stereocenters. The molecule has 1 heterocycles. The number of primary amides is 1. The van der Waals surface area contributed by atoms with Crippen LogP contribution in [0.1, 0.15) is 45.1 Å². The first-order valence-corrected chi connectivity index (χ1v) is 10.8. The number of hydrogen-bond acceptors (Lipinski definition) is 7. The standard InChI is InChI=1S/C20H27N5O4S/c1-12(18(26)22-19(21)27)30-20-24-23-17(25(20)14-7-5-4-6-8-14)13-9-10-15(28-2)16(11-13)29-3/h9-12,14H,4-8H2,1-3H3,(H3,21,22,26,27). The van der Waals surface area contributed by atoms with Crippen LogP contribution in [0.4, 0.5) is 4.79 Å². The molecule has 1 aliphatic rings. The SMILES string of the molecule is COc1ccc(-c2nnc(SC(C)C(=O)NC(N)=O)n2C2CCCCC2)cc1OC. The summed E-state index contributed by atoms with van der Waals surface area (Å²) >= 11 is 1.26. The maximum Gasteiger partial charge on any atom is 0.318 e. The lowest BCUT2D eigenvalue weighted by atomic mass is 9.95. The van der Waals surface area contributed by atoms with E-state index in [4.69, 9.17) is 15.2 Å². The molecular weight excluding hydrogens is 406 g/mol. The number of nitrogens with one attached hydrogen (secondary N) is 1. The monoisotopic (exact) mass is 433 g/mol. The van der Waals surface area contributed by atoms with Gasteiger partial charge in [0.25, 0.3) is 0 Å². The van der Waals surface area contributed by atoms with Crippen molar-refractivity contribution < 1.29 is 19.1 Å². The zero-order valence-electron chi connectivity index (χ0n) is 17.4. The number of ether oxygens (including phenoxy) is 2. The predicted molar refractivity (Wildman–Crippen MR) is 114 cm³/mol. The van der Waals surface area contributed by atoms with Crippen molar-refractivity contribution >= 4 is 23.7 Å². The average molecular weight is 434 g/mol. The number of urea groups is 1. The first kappa shape index (κ1) is 21.9. The molecule has 0 spiro atoms. The Bertz CT molecular complexity index is 911. The van der Waals surface area contributed by atoms with E-state index in [1.807, 2.05) is 18.2 Å².